The molecule has 7 unspecified atom stereocenters. The number of aromatic hydroxyl groups is 1. The SMILES string of the molecule is CC=C1C=C(C)C2Oc3c(cc(O)cc3C(OC3CCC(O)C(C)O3)C2C)NC(=O)C(C)C1=O. The largest absolute Gasteiger partial charge is 0.508 e. The van der Waals surface area contributed by atoms with Crippen LogP contribution in [0.3, 0.4) is 0 Å². The molecule has 8 heteroatoms. The van der Waals surface area contributed by atoms with Crippen LogP contribution in [0.15, 0.2) is 35.4 Å². The lowest BCUT2D eigenvalue weighted by atomic mass is 9.84. The number of hydrogen-bond donors (Lipinski definition) is 3. The average molecular weight is 472 g/mol. The van der Waals surface area contributed by atoms with Crippen molar-refractivity contribution in [1.29, 1.82) is 0 Å². The Labute approximate surface area is 199 Å². The molecule has 34 heavy (non-hydrogen) atoms. The van der Waals surface area contributed by atoms with Crippen molar-refractivity contribution in [2.75, 3.05) is 5.32 Å². The number of allylic oxidation sites excluding steroid dienone is 3. The highest BCUT2D eigenvalue weighted by molar-refractivity contribution is 6.14. The highest BCUT2D eigenvalue weighted by Crippen LogP contribution is 2.49. The zero-order valence-corrected chi connectivity index (χ0v) is 20.2. The summed E-state index contributed by atoms with van der Waals surface area (Å²) in [5.74, 6) is -1.55. The Morgan fingerprint density at radius 2 is 1.91 bits per heavy atom. The van der Waals surface area contributed by atoms with Crippen LogP contribution < -0.4 is 10.1 Å². The number of benzene rings is 1. The molecule has 0 aliphatic carbocycles. The van der Waals surface area contributed by atoms with E-state index in [1.165, 1.54) is 6.07 Å². The van der Waals surface area contributed by atoms with Crippen molar-refractivity contribution < 1.29 is 34.0 Å². The van der Waals surface area contributed by atoms with Gasteiger partial charge in [0, 0.05) is 29.5 Å². The van der Waals surface area contributed by atoms with Gasteiger partial charge in [-0.15, -0.1) is 0 Å². The third-order valence-electron chi connectivity index (χ3n) is 6.99. The Morgan fingerprint density at radius 3 is 2.59 bits per heavy atom. The summed E-state index contributed by atoms with van der Waals surface area (Å²) in [6.45, 7) is 9.02. The summed E-state index contributed by atoms with van der Waals surface area (Å²) in [7, 11) is 0. The minimum atomic E-state index is -0.917. The van der Waals surface area contributed by atoms with E-state index in [1.807, 2.05) is 20.8 Å². The molecule has 4 rings (SSSR count). The predicted octanol–water partition coefficient (Wildman–Crippen LogP) is 3.78. The molecule has 8 nitrogen and oxygen atoms in total. The number of phenols is 1. The number of ether oxygens (including phenoxy) is 3. The summed E-state index contributed by atoms with van der Waals surface area (Å²) in [6, 6.07) is 3.00. The second kappa shape index (κ2) is 9.52. The summed E-state index contributed by atoms with van der Waals surface area (Å²) < 4.78 is 18.7. The number of amides is 1. The normalized spacial score (nSPS) is 35.2. The first-order valence-electron chi connectivity index (χ1n) is 11.8. The van der Waals surface area contributed by atoms with Crippen LogP contribution in [0.4, 0.5) is 5.69 Å². The van der Waals surface area contributed by atoms with Crippen molar-refractivity contribution in [2.45, 2.75) is 78.2 Å². The van der Waals surface area contributed by atoms with Gasteiger partial charge in [0.2, 0.25) is 5.91 Å². The van der Waals surface area contributed by atoms with E-state index in [9.17, 15) is 19.8 Å². The van der Waals surface area contributed by atoms with E-state index >= 15 is 0 Å². The van der Waals surface area contributed by atoms with E-state index in [1.54, 1.807) is 32.1 Å². The summed E-state index contributed by atoms with van der Waals surface area (Å²) in [5, 5.41) is 23.3. The van der Waals surface area contributed by atoms with E-state index in [2.05, 4.69) is 5.32 Å². The standard InChI is InChI=1S/C26H33NO7/c1-6-16-9-12(2)23-14(4)24(33-21-8-7-20(29)15(5)32-21)18-10-17(28)11-19(25(18)34-23)27-26(31)13(3)22(16)30/h6,9-11,13-15,20-21,23-24,28-29H,7-8H2,1-5H3,(H,27,31). The van der Waals surface area contributed by atoms with Crippen LogP contribution in [-0.2, 0) is 19.1 Å². The topological polar surface area (TPSA) is 114 Å². The second-order valence-corrected chi connectivity index (χ2v) is 9.49. The summed E-state index contributed by atoms with van der Waals surface area (Å²) in [5.41, 5.74) is 2.14. The lowest BCUT2D eigenvalue weighted by molar-refractivity contribution is -0.247. The van der Waals surface area contributed by atoms with Crippen molar-refractivity contribution in [2.24, 2.45) is 11.8 Å². The number of aliphatic hydroxyl groups is 1. The number of carbonyl (C=O) groups is 2. The minimum Gasteiger partial charge on any atom is -0.508 e. The maximum Gasteiger partial charge on any atom is 0.235 e. The Hall–Kier alpha value is -2.68. The second-order valence-electron chi connectivity index (χ2n) is 9.49. The van der Waals surface area contributed by atoms with E-state index < -0.39 is 36.4 Å². The third kappa shape index (κ3) is 4.50. The van der Waals surface area contributed by atoms with Crippen LogP contribution in [0, 0.1) is 11.8 Å². The summed E-state index contributed by atoms with van der Waals surface area (Å²) in [4.78, 5) is 25.9. The monoisotopic (exact) mass is 471 g/mol. The number of anilines is 1. The van der Waals surface area contributed by atoms with E-state index in [0.29, 0.717) is 29.7 Å². The van der Waals surface area contributed by atoms with Crippen molar-refractivity contribution in [1.82, 2.24) is 0 Å². The Morgan fingerprint density at radius 1 is 1.18 bits per heavy atom. The van der Waals surface area contributed by atoms with E-state index in [0.717, 1.165) is 5.57 Å². The Bertz CT molecular complexity index is 1050. The molecular weight excluding hydrogens is 438 g/mol. The summed E-state index contributed by atoms with van der Waals surface area (Å²) >= 11 is 0. The molecule has 7 atom stereocenters. The molecule has 184 valence electrons. The van der Waals surface area contributed by atoms with Gasteiger partial charge in [-0.3, -0.25) is 9.59 Å². The molecule has 1 aromatic rings. The molecule has 1 saturated heterocycles. The fourth-order valence-corrected chi connectivity index (χ4v) is 4.89. The van der Waals surface area contributed by atoms with Crippen LogP contribution in [0.1, 0.15) is 59.1 Å². The fraction of sp³-hybridized carbons (Fsp3) is 0.538. The molecule has 1 amide bonds. The van der Waals surface area contributed by atoms with Gasteiger partial charge in [-0.05, 0) is 51.8 Å². The van der Waals surface area contributed by atoms with Gasteiger partial charge < -0.3 is 29.7 Å². The molecular formula is C26H33NO7. The molecule has 0 spiro atoms. The minimum absolute atomic E-state index is 0.0551. The molecule has 1 aromatic carbocycles. The number of phenolic OH excluding ortho intramolecular Hbond substituents is 1. The van der Waals surface area contributed by atoms with Crippen molar-refractivity contribution in [3.63, 3.8) is 0 Å². The van der Waals surface area contributed by atoms with Gasteiger partial charge in [-0.1, -0.05) is 13.0 Å². The van der Waals surface area contributed by atoms with Crippen LogP contribution in [0.5, 0.6) is 11.5 Å². The molecule has 3 heterocycles. The molecule has 3 aliphatic rings. The highest BCUT2D eigenvalue weighted by atomic mass is 16.7. The zero-order chi connectivity index (χ0) is 24.7. The van der Waals surface area contributed by atoms with E-state index in [4.69, 9.17) is 14.2 Å². The number of fused-ring (bicyclic) bond motifs is 1. The van der Waals surface area contributed by atoms with Crippen LogP contribution >= 0.6 is 0 Å². The fourth-order valence-electron chi connectivity index (χ4n) is 4.89. The number of Topliss-reactive ketones (excluding diaryl/α,β-unsaturated/α-hetero) is 1. The molecule has 1 fully saturated rings. The molecule has 3 N–H and O–H groups in total. The number of hydrogen-bond acceptors (Lipinski definition) is 7. The van der Waals surface area contributed by atoms with Gasteiger partial charge in [0.05, 0.1) is 29.9 Å². The third-order valence-corrected chi connectivity index (χ3v) is 6.99. The molecule has 0 saturated carbocycles. The molecule has 2 bridgehead atoms. The van der Waals surface area contributed by atoms with Crippen LogP contribution in [0.25, 0.3) is 0 Å². The number of nitrogens with one attached hydrogen (secondary N) is 1. The summed E-state index contributed by atoms with van der Waals surface area (Å²) in [6.07, 6.45) is 2.16. The first-order chi connectivity index (χ1) is 16.1. The highest BCUT2D eigenvalue weighted by Gasteiger charge is 2.42. The first-order valence-corrected chi connectivity index (χ1v) is 11.8. The van der Waals surface area contributed by atoms with Crippen molar-refractivity contribution in [3.05, 3.63) is 41.0 Å². The molecule has 0 aromatic heterocycles. The smallest absolute Gasteiger partial charge is 0.235 e. The van der Waals surface area contributed by atoms with Gasteiger partial charge in [-0.2, -0.15) is 0 Å². The number of ketones is 1. The van der Waals surface area contributed by atoms with Crippen molar-refractivity contribution >= 4 is 17.4 Å². The Balaban J connectivity index is 1.81. The first kappa shape index (κ1) is 24.4. The lowest BCUT2D eigenvalue weighted by Gasteiger charge is -2.42. The van der Waals surface area contributed by atoms with Gasteiger partial charge in [0.25, 0.3) is 0 Å². The predicted molar refractivity (Wildman–Crippen MR) is 125 cm³/mol. The molecule has 3 aliphatic heterocycles. The number of rotatable bonds is 2. The van der Waals surface area contributed by atoms with E-state index in [-0.39, 0.29) is 29.2 Å². The van der Waals surface area contributed by atoms with Crippen LogP contribution in [-0.4, -0.2) is 46.5 Å². The number of aliphatic hydroxyl groups excluding tert-OH is 1. The zero-order valence-electron chi connectivity index (χ0n) is 20.2. The van der Waals surface area contributed by atoms with Gasteiger partial charge in [-0.25, -0.2) is 0 Å². The average Bonchev–Trinajstić information content (AvgIpc) is 2.80. The van der Waals surface area contributed by atoms with Crippen molar-refractivity contribution in [3.8, 4) is 11.5 Å². The lowest BCUT2D eigenvalue weighted by Crippen LogP contribution is -2.42. The quantitative estimate of drug-likeness (QED) is 0.444. The van der Waals surface area contributed by atoms with Gasteiger partial charge in [0.1, 0.15) is 17.6 Å². The van der Waals surface area contributed by atoms with Crippen LogP contribution in [0.2, 0.25) is 0 Å². The Kier molecular flexibility index (Phi) is 6.85. The number of carbonyl (C=O) groups excluding carboxylic acids is 2. The van der Waals surface area contributed by atoms with Gasteiger partial charge in [0.15, 0.2) is 12.1 Å². The maximum atomic E-state index is 13.0. The van der Waals surface area contributed by atoms with Gasteiger partial charge >= 0.3 is 0 Å². The maximum absolute atomic E-state index is 13.0. The molecule has 0 radical (unpaired) electrons.